The van der Waals surface area contributed by atoms with Crippen molar-refractivity contribution in [3.05, 3.63) is 93.6 Å². The standard InChI is InChI=1S/C13H8ClN3O.C6H4N4O/c14-10-4-1-5-11-12(10)13(18)17(8-16-11)9-3-2-6-15-7-9;11-6-4-1-7-2-8-5(4)9-3-10-6/h1-8H;1-3H,(H,7,8,9,10,11). The average Bonchev–Trinajstić information content (AvgIpc) is 2.76. The van der Waals surface area contributed by atoms with Crippen LogP contribution in [0.2, 0.25) is 5.02 Å². The first kappa shape index (κ1) is 18.4. The highest BCUT2D eigenvalue weighted by molar-refractivity contribution is 6.35. The van der Waals surface area contributed by atoms with E-state index in [4.69, 9.17) is 11.6 Å². The zero-order valence-corrected chi connectivity index (χ0v) is 15.5. The molecule has 0 radical (unpaired) electrons. The second kappa shape index (κ2) is 7.95. The average molecular weight is 406 g/mol. The molecule has 0 bridgehead atoms. The van der Waals surface area contributed by atoms with Gasteiger partial charge in [-0.1, -0.05) is 17.7 Å². The van der Waals surface area contributed by atoms with E-state index in [9.17, 15) is 9.59 Å². The minimum absolute atomic E-state index is 0.196. The van der Waals surface area contributed by atoms with E-state index in [2.05, 4.69) is 29.9 Å². The van der Waals surface area contributed by atoms with Crippen molar-refractivity contribution in [3.63, 3.8) is 0 Å². The molecule has 0 fully saturated rings. The van der Waals surface area contributed by atoms with E-state index >= 15 is 0 Å². The second-order valence-electron chi connectivity index (χ2n) is 5.76. The fraction of sp³-hybridized carbons (Fsp3) is 0. The van der Waals surface area contributed by atoms with E-state index in [1.165, 1.54) is 29.7 Å². The van der Waals surface area contributed by atoms with Crippen molar-refractivity contribution in [3.8, 4) is 5.69 Å². The van der Waals surface area contributed by atoms with Gasteiger partial charge < -0.3 is 4.98 Å². The maximum Gasteiger partial charge on any atom is 0.267 e. The van der Waals surface area contributed by atoms with Crippen LogP contribution >= 0.6 is 11.6 Å². The molecule has 0 aliphatic heterocycles. The molecule has 9 nitrogen and oxygen atoms in total. The number of H-pyrrole nitrogens is 1. The minimum atomic E-state index is -0.212. The highest BCUT2D eigenvalue weighted by Gasteiger charge is 2.08. The van der Waals surface area contributed by atoms with Gasteiger partial charge >= 0.3 is 0 Å². The van der Waals surface area contributed by atoms with Crippen LogP contribution in [0.1, 0.15) is 0 Å². The van der Waals surface area contributed by atoms with Crippen molar-refractivity contribution in [1.29, 1.82) is 0 Å². The van der Waals surface area contributed by atoms with Crippen molar-refractivity contribution in [2.24, 2.45) is 0 Å². The van der Waals surface area contributed by atoms with Gasteiger partial charge in [-0.05, 0) is 24.3 Å². The highest BCUT2D eigenvalue weighted by atomic mass is 35.5. The first-order valence-corrected chi connectivity index (χ1v) is 8.72. The van der Waals surface area contributed by atoms with Gasteiger partial charge in [-0.15, -0.1) is 0 Å². The molecule has 0 saturated heterocycles. The van der Waals surface area contributed by atoms with Crippen molar-refractivity contribution in [2.75, 3.05) is 0 Å². The van der Waals surface area contributed by atoms with Crippen LogP contribution in [-0.2, 0) is 0 Å². The van der Waals surface area contributed by atoms with Gasteiger partial charge in [-0.25, -0.2) is 19.9 Å². The molecule has 0 saturated carbocycles. The lowest BCUT2D eigenvalue weighted by Gasteiger charge is -2.06. The summed E-state index contributed by atoms with van der Waals surface area (Å²) in [5, 5.41) is 1.24. The molecule has 0 amide bonds. The summed E-state index contributed by atoms with van der Waals surface area (Å²) in [5.74, 6) is 0. The summed E-state index contributed by atoms with van der Waals surface area (Å²) < 4.78 is 1.43. The molecule has 0 atom stereocenters. The molecular formula is C19H12ClN7O2. The molecule has 29 heavy (non-hydrogen) atoms. The number of hydrogen-bond acceptors (Lipinski definition) is 7. The summed E-state index contributed by atoms with van der Waals surface area (Å²) in [6, 6.07) is 8.76. The molecule has 5 rings (SSSR count). The van der Waals surface area contributed by atoms with E-state index in [0.29, 0.717) is 32.6 Å². The number of halogens is 1. The van der Waals surface area contributed by atoms with Crippen LogP contribution < -0.4 is 11.1 Å². The zero-order valence-electron chi connectivity index (χ0n) is 14.7. The summed E-state index contributed by atoms with van der Waals surface area (Å²) >= 11 is 6.05. The van der Waals surface area contributed by atoms with Crippen LogP contribution in [0.15, 0.2) is 77.5 Å². The van der Waals surface area contributed by atoms with Crippen LogP contribution in [0.5, 0.6) is 0 Å². The molecular weight excluding hydrogens is 394 g/mol. The number of pyridine rings is 1. The molecule has 0 aliphatic carbocycles. The van der Waals surface area contributed by atoms with Gasteiger partial charge in [0.05, 0.1) is 34.1 Å². The van der Waals surface area contributed by atoms with Gasteiger partial charge in [0.2, 0.25) is 0 Å². The lowest BCUT2D eigenvalue weighted by molar-refractivity contribution is 0.953. The SMILES string of the molecule is O=c1[nH]cnc2ncncc12.O=c1c2c(Cl)cccc2ncn1-c1cccnc1. The number of nitrogens with one attached hydrogen (secondary N) is 1. The number of aromatic amines is 1. The first-order chi connectivity index (χ1) is 14.1. The topological polar surface area (TPSA) is 119 Å². The normalized spacial score (nSPS) is 10.5. The maximum absolute atomic E-state index is 12.4. The summed E-state index contributed by atoms with van der Waals surface area (Å²) in [6.45, 7) is 0. The highest BCUT2D eigenvalue weighted by Crippen LogP contribution is 2.18. The van der Waals surface area contributed by atoms with Crippen molar-refractivity contribution < 1.29 is 0 Å². The van der Waals surface area contributed by atoms with E-state index in [1.807, 2.05) is 0 Å². The Kier molecular flexibility index (Phi) is 5.04. The summed E-state index contributed by atoms with van der Waals surface area (Å²) in [5.41, 5.74) is 1.27. The third-order valence-corrected chi connectivity index (χ3v) is 4.29. The molecule has 5 aromatic rings. The Morgan fingerprint density at radius 1 is 0.966 bits per heavy atom. The summed E-state index contributed by atoms with van der Waals surface area (Å²) in [4.78, 5) is 45.3. The lowest BCUT2D eigenvalue weighted by atomic mass is 10.2. The molecule has 4 aromatic heterocycles. The molecule has 0 spiro atoms. The van der Waals surface area contributed by atoms with Crippen molar-refractivity contribution in [2.45, 2.75) is 0 Å². The Labute approximate surface area is 167 Å². The molecule has 142 valence electrons. The van der Waals surface area contributed by atoms with Gasteiger partial charge in [0.25, 0.3) is 11.1 Å². The Morgan fingerprint density at radius 2 is 1.86 bits per heavy atom. The Morgan fingerprint density at radius 3 is 2.66 bits per heavy atom. The molecule has 0 unspecified atom stereocenters. The molecule has 10 heteroatoms. The number of nitrogens with zero attached hydrogens (tertiary/aromatic N) is 6. The van der Waals surface area contributed by atoms with E-state index in [-0.39, 0.29) is 11.1 Å². The molecule has 4 heterocycles. The quantitative estimate of drug-likeness (QED) is 0.453. The maximum atomic E-state index is 12.4. The number of benzene rings is 1. The Hall–Kier alpha value is -3.98. The van der Waals surface area contributed by atoms with Crippen LogP contribution in [-0.4, -0.2) is 34.5 Å². The molecule has 0 aliphatic rings. The molecule has 1 aromatic carbocycles. The van der Waals surface area contributed by atoms with Gasteiger partial charge in [0.1, 0.15) is 18.0 Å². The van der Waals surface area contributed by atoms with E-state index in [0.717, 1.165) is 0 Å². The van der Waals surface area contributed by atoms with Crippen LogP contribution in [0.25, 0.3) is 27.6 Å². The smallest absolute Gasteiger partial charge is 0.267 e. The Balaban J connectivity index is 0.000000159. The fourth-order valence-electron chi connectivity index (χ4n) is 2.62. The minimum Gasteiger partial charge on any atom is -0.312 e. The second-order valence-corrected chi connectivity index (χ2v) is 6.16. The Bertz CT molecular complexity index is 1410. The summed E-state index contributed by atoms with van der Waals surface area (Å²) in [6.07, 6.45) is 8.85. The number of aromatic nitrogens is 7. The number of hydrogen-bond donors (Lipinski definition) is 1. The first-order valence-electron chi connectivity index (χ1n) is 8.35. The van der Waals surface area contributed by atoms with Crippen molar-refractivity contribution >= 4 is 33.5 Å². The van der Waals surface area contributed by atoms with Crippen LogP contribution in [0, 0.1) is 0 Å². The number of fused-ring (bicyclic) bond motifs is 2. The van der Waals surface area contributed by atoms with Crippen LogP contribution in [0.3, 0.4) is 0 Å². The predicted molar refractivity (Wildman–Crippen MR) is 108 cm³/mol. The van der Waals surface area contributed by atoms with Gasteiger partial charge in [0.15, 0.2) is 5.65 Å². The third-order valence-electron chi connectivity index (χ3n) is 3.98. The molecule has 1 N–H and O–H groups in total. The van der Waals surface area contributed by atoms with E-state index in [1.54, 1.807) is 42.7 Å². The van der Waals surface area contributed by atoms with Crippen molar-refractivity contribution in [1.82, 2.24) is 34.5 Å². The van der Waals surface area contributed by atoms with Gasteiger partial charge in [-0.3, -0.25) is 19.1 Å². The van der Waals surface area contributed by atoms with E-state index < -0.39 is 0 Å². The lowest BCUT2D eigenvalue weighted by Crippen LogP contribution is -2.19. The monoisotopic (exact) mass is 405 g/mol. The van der Waals surface area contributed by atoms with Gasteiger partial charge in [-0.2, -0.15) is 0 Å². The number of rotatable bonds is 1. The third kappa shape index (κ3) is 3.71. The predicted octanol–water partition coefficient (Wildman–Crippen LogP) is 2.15. The van der Waals surface area contributed by atoms with Gasteiger partial charge in [0, 0.05) is 12.4 Å². The fourth-order valence-corrected chi connectivity index (χ4v) is 2.87. The van der Waals surface area contributed by atoms with Crippen LogP contribution in [0.4, 0.5) is 0 Å². The zero-order chi connectivity index (χ0) is 20.2. The summed E-state index contributed by atoms with van der Waals surface area (Å²) in [7, 11) is 0. The largest absolute Gasteiger partial charge is 0.312 e.